The summed E-state index contributed by atoms with van der Waals surface area (Å²) in [6, 6.07) is 7.22. The van der Waals surface area contributed by atoms with E-state index in [4.69, 9.17) is 16.1 Å². The summed E-state index contributed by atoms with van der Waals surface area (Å²) < 4.78 is 1.15. The second-order valence-electron chi connectivity index (χ2n) is 4.07. The van der Waals surface area contributed by atoms with Crippen LogP contribution in [0.1, 0.15) is 0 Å². The molecule has 5 N–H and O–H groups in total. The number of nitrogen functional groups attached to an aromatic ring is 1. The SMILES string of the molecule is Nc1n[nH]c2cc(=O)n(-c3ccc(N(O)O)cc3)nc12. The molecule has 3 rings (SSSR count). The first-order valence-electron chi connectivity index (χ1n) is 5.58. The van der Waals surface area contributed by atoms with E-state index in [9.17, 15) is 4.79 Å². The molecule has 3 aromatic rings. The van der Waals surface area contributed by atoms with E-state index in [1.807, 2.05) is 0 Å². The highest BCUT2D eigenvalue weighted by atomic mass is 16.8. The molecule has 0 aliphatic rings. The summed E-state index contributed by atoms with van der Waals surface area (Å²) in [6.07, 6.45) is 0. The van der Waals surface area contributed by atoms with Gasteiger partial charge in [0.1, 0.15) is 0 Å². The third-order valence-electron chi connectivity index (χ3n) is 2.80. The number of hydrogen-bond acceptors (Lipinski definition) is 7. The van der Waals surface area contributed by atoms with E-state index in [2.05, 4.69) is 15.3 Å². The number of hydrogen-bond donors (Lipinski definition) is 4. The molecule has 0 radical (unpaired) electrons. The Bertz CT molecular complexity index is 820. The molecule has 0 amide bonds. The lowest BCUT2D eigenvalue weighted by molar-refractivity contribution is 0.0291. The van der Waals surface area contributed by atoms with Crippen LogP contribution in [0.15, 0.2) is 35.1 Å². The van der Waals surface area contributed by atoms with E-state index in [0.717, 1.165) is 4.68 Å². The van der Waals surface area contributed by atoms with Gasteiger partial charge in [-0.2, -0.15) is 14.9 Å². The van der Waals surface area contributed by atoms with Crippen LogP contribution in [0, 0.1) is 0 Å². The van der Waals surface area contributed by atoms with Gasteiger partial charge in [-0.3, -0.25) is 20.3 Å². The molecule has 9 nitrogen and oxygen atoms in total. The van der Waals surface area contributed by atoms with Crippen LogP contribution in [0.5, 0.6) is 0 Å². The number of rotatable bonds is 2. The molecule has 0 spiro atoms. The van der Waals surface area contributed by atoms with Crippen molar-refractivity contribution in [1.29, 1.82) is 0 Å². The fraction of sp³-hybridized carbons (Fsp3) is 0. The zero-order valence-corrected chi connectivity index (χ0v) is 10.1. The van der Waals surface area contributed by atoms with Crippen molar-refractivity contribution in [1.82, 2.24) is 20.0 Å². The van der Waals surface area contributed by atoms with Crippen molar-refractivity contribution >= 4 is 22.5 Å². The quantitative estimate of drug-likeness (QED) is 0.493. The van der Waals surface area contributed by atoms with Gasteiger partial charge >= 0.3 is 0 Å². The smallest absolute Gasteiger partial charge is 0.273 e. The van der Waals surface area contributed by atoms with Gasteiger partial charge in [0.15, 0.2) is 11.3 Å². The first-order valence-corrected chi connectivity index (χ1v) is 5.58. The molecule has 0 atom stereocenters. The van der Waals surface area contributed by atoms with Gasteiger partial charge in [0, 0.05) is 6.07 Å². The second kappa shape index (κ2) is 4.33. The Labute approximate surface area is 111 Å². The average Bonchev–Trinajstić information content (AvgIpc) is 2.79. The fourth-order valence-corrected chi connectivity index (χ4v) is 1.82. The van der Waals surface area contributed by atoms with Crippen LogP contribution < -0.4 is 16.5 Å². The number of anilines is 2. The first kappa shape index (κ1) is 12.1. The molecule has 0 saturated heterocycles. The number of aromatic amines is 1. The Morgan fingerprint density at radius 2 is 1.95 bits per heavy atom. The third kappa shape index (κ3) is 1.86. The van der Waals surface area contributed by atoms with E-state index in [1.165, 1.54) is 30.3 Å². The summed E-state index contributed by atoms with van der Waals surface area (Å²) in [6.45, 7) is 0. The molecule has 2 heterocycles. The van der Waals surface area contributed by atoms with Gasteiger partial charge in [0.2, 0.25) is 0 Å². The zero-order valence-electron chi connectivity index (χ0n) is 10.1. The van der Waals surface area contributed by atoms with Gasteiger partial charge in [-0.25, -0.2) is 0 Å². The lowest BCUT2D eigenvalue weighted by Crippen LogP contribution is -2.20. The van der Waals surface area contributed by atoms with E-state index >= 15 is 0 Å². The van der Waals surface area contributed by atoms with Crippen LogP contribution in [-0.4, -0.2) is 30.4 Å². The molecule has 0 fully saturated rings. The van der Waals surface area contributed by atoms with Crippen LogP contribution >= 0.6 is 0 Å². The van der Waals surface area contributed by atoms with Gasteiger partial charge in [-0.1, -0.05) is 0 Å². The van der Waals surface area contributed by atoms with E-state index in [-0.39, 0.29) is 22.3 Å². The number of nitrogens with zero attached hydrogens (tertiary/aromatic N) is 4. The normalized spacial score (nSPS) is 10.9. The number of H-pyrrole nitrogens is 1. The Morgan fingerprint density at radius 1 is 1.25 bits per heavy atom. The van der Waals surface area contributed by atoms with Crippen LogP contribution in [0.2, 0.25) is 0 Å². The highest BCUT2D eigenvalue weighted by Gasteiger charge is 2.09. The van der Waals surface area contributed by atoms with Crippen molar-refractivity contribution in [3.63, 3.8) is 0 Å². The van der Waals surface area contributed by atoms with Crippen LogP contribution in [-0.2, 0) is 0 Å². The van der Waals surface area contributed by atoms with Crippen molar-refractivity contribution < 1.29 is 10.4 Å². The molecule has 0 bridgehead atoms. The van der Waals surface area contributed by atoms with Crippen molar-refractivity contribution in [3.8, 4) is 5.69 Å². The maximum absolute atomic E-state index is 12.0. The van der Waals surface area contributed by atoms with Gasteiger partial charge in [0.05, 0.1) is 16.9 Å². The number of aromatic nitrogens is 4. The molecular weight excluding hydrogens is 264 g/mol. The molecule has 0 aliphatic carbocycles. The van der Waals surface area contributed by atoms with E-state index < -0.39 is 0 Å². The molecule has 20 heavy (non-hydrogen) atoms. The molecule has 102 valence electrons. The van der Waals surface area contributed by atoms with Crippen molar-refractivity contribution in [2.45, 2.75) is 0 Å². The fourth-order valence-electron chi connectivity index (χ4n) is 1.82. The monoisotopic (exact) mass is 274 g/mol. The molecule has 0 saturated carbocycles. The molecule has 1 aromatic carbocycles. The topological polar surface area (TPSA) is 133 Å². The summed E-state index contributed by atoms with van der Waals surface area (Å²) in [5, 5.41) is 28.2. The van der Waals surface area contributed by atoms with Gasteiger partial charge < -0.3 is 5.73 Å². The average molecular weight is 274 g/mol. The Hall–Kier alpha value is -2.91. The standard InChI is InChI=1S/C11H10N6O3/c12-11-10-8(13-14-11)5-9(18)16(15-10)6-1-3-7(4-2-6)17(19)20/h1-5,13,19-20H,(H2,12,14). The summed E-state index contributed by atoms with van der Waals surface area (Å²) >= 11 is 0. The van der Waals surface area contributed by atoms with Gasteiger partial charge in [-0.05, 0) is 24.3 Å². The summed E-state index contributed by atoms with van der Waals surface area (Å²) in [4.78, 5) is 12.0. The molecular formula is C11H10N6O3. The van der Waals surface area contributed by atoms with Crippen molar-refractivity contribution in [2.24, 2.45) is 0 Å². The molecule has 0 aliphatic heterocycles. The lowest BCUT2D eigenvalue weighted by atomic mass is 10.3. The van der Waals surface area contributed by atoms with Crippen LogP contribution in [0.4, 0.5) is 11.5 Å². The predicted molar refractivity (Wildman–Crippen MR) is 70.0 cm³/mol. The van der Waals surface area contributed by atoms with E-state index in [0.29, 0.717) is 16.7 Å². The molecule has 2 aromatic heterocycles. The minimum atomic E-state index is -0.362. The number of nitrogens with two attached hydrogens (primary N) is 1. The van der Waals surface area contributed by atoms with Gasteiger partial charge in [0.25, 0.3) is 5.56 Å². The Balaban J connectivity index is 2.15. The molecule has 0 unspecified atom stereocenters. The largest absolute Gasteiger partial charge is 0.380 e. The van der Waals surface area contributed by atoms with E-state index in [1.54, 1.807) is 0 Å². The van der Waals surface area contributed by atoms with Crippen LogP contribution in [0.3, 0.4) is 0 Å². The number of fused-ring (bicyclic) bond motifs is 1. The predicted octanol–water partition coefficient (Wildman–Crippen LogP) is 0.276. The minimum absolute atomic E-state index is 0.0166. The second-order valence-corrected chi connectivity index (χ2v) is 4.07. The van der Waals surface area contributed by atoms with Gasteiger partial charge in [-0.15, -0.1) is 5.23 Å². The Kier molecular flexibility index (Phi) is 2.63. The number of benzene rings is 1. The van der Waals surface area contributed by atoms with Crippen LogP contribution in [0.25, 0.3) is 16.7 Å². The highest BCUT2D eigenvalue weighted by molar-refractivity contribution is 5.83. The minimum Gasteiger partial charge on any atom is -0.380 e. The van der Waals surface area contributed by atoms with Crippen molar-refractivity contribution in [3.05, 3.63) is 40.7 Å². The third-order valence-corrected chi connectivity index (χ3v) is 2.80. The maximum atomic E-state index is 12.0. The highest BCUT2D eigenvalue weighted by Crippen LogP contribution is 2.16. The summed E-state index contributed by atoms with van der Waals surface area (Å²) in [5.74, 6) is 0.197. The Morgan fingerprint density at radius 3 is 2.60 bits per heavy atom. The summed E-state index contributed by atoms with van der Waals surface area (Å²) in [7, 11) is 0. The van der Waals surface area contributed by atoms with Crippen molar-refractivity contribution in [2.75, 3.05) is 11.0 Å². The summed E-state index contributed by atoms with van der Waals surface area (Å²) in [5.41, 5.74) is 6.75. The zero-order chi connectivity index (χ0) is 14.3. The first-order chi connectivity index (χ1) is 9.56. The molecule has 9 heteroatoms. The lowest BCUT2D eigenvalue weighted by Gasteiger charge is -2.09. The maximum Gasteiger partial charge on any atom is 0.273 e. The number of nitrogens with one attached hydrogen (secondary N) is 1.